The number of aryl methyl sites for hydroxylation is 2. The summed E-state index contributed by atoms with van der Waals surface area (Å²) < 4.78 is 13.7. The Morgan fingerprint density at radius 1 is 1.03 bits per heavy atom. The van der Waals surface area contributed by atoms with Crippen LogP contribution in [0.15, 0.2) is 70.2 Å². The highest BCUT2D eigenvalue weighted by atomic mass is 16.5. The molecular formula is C24H21N5O3. The van der Waals surface area contributed by atoms with Gasteiger partial charge >= 0.3 is 0 Å². The lowest BCUT2D eigenvalue weighted by atomic mass is 10.0. The van der Waals surface area contributed by atoms with Gasteiger partial charge in [0.05, 0.1) is 19.3 Å². The molecule has 0 N–H and O–H groups in total. The molecule has 0 aliphatic heterocycles. The van der Waals surface area contributed by atoms with Crippen molar-refractivity contribution in [3.8, 4) is 28.5 Å². The Labute approximate surface area is 183 Å². The number of aromatic nitrogens is 5. The number of hydrogen-bond acceptors (Lipinski definition) is 6. The molecule has 0 spiro atoms. The van der Waals surface area contributed by atoms with Crippen molar-refractivity contribution in [2.75, 3.05) is 7.11 Å². The fourth-order valence-electron chi connectivity index (χ4n) is 3.70. The van der Waals surface area contributed by atoms with E-state index in [0.29, 0.717) is 17.2 Å². The Morgan fingerprint density at radius 3 is 2.59 bits per heavy atom. The van der Waals surface area contributed by atoms with Crippen LogP contribution in [0.1, 0.15) is 17.0 Å². The van der Waals surface area contributed by atoms with Crippen LogP contribution in [0.3, 0.4) is 0 Å². The monoisotopic (exact) mass is 427 g/mol. The molecular weight excluding hydrogens is 406 g/mol. The van der Waals surface area contributed by atoms with E-state index in [1.54, 1.807) is 28.6 Å². The second-order valence-corrected chi connectivity index (χ2v) is 7.65. The van der Waals surface area contributed by atoms with Gasteiger partial charge in [0.1, 0.15) is 11.3 Å². The molecule has 8 heteroatoms. The summed E-state index contributed by atoms with van der Waals surface area (Å²) in [6, 6.07) is 15.3. The van der Waals surface area contributed by atoms with E-state index in [1.165, 1.54) is 5.56 Å². The van der Waals surface area contributed by atoms with E-state index >= 15 is 0 Å². The molecule has 0 saturated carbocycles. The Hall–Kier alpha value is -4.20. The lowest BCUT2D eigenvalue weighted by Gasteiger charge is -2.03. The van der Waals surface area contributed by atoms with Gasteiger partial charge < -0.3 is 13.8 Å². The molecule has 5 rings (SSSR count). The fourth-order valence-corrected chi connectivity index (χ4v) is 3.70. The molecule has 0 amide bonds. The number of fused-ring (bicyclic) bond motifs is 1. The van der Waals surface area contributed by atoms with Crippen molar-refractivity contribution in [1.29, 1.82) is 0 Å². The number of benzene rings is 2. The van der Waals surface area contributed by atoms with Crippen molar-refractivity contribution in [1.82, 2.24) is 24.3 Å². The molecule has 8 nitrogen and oxygen atoms in total. The van der Waals surface area contributed by atoms with Crippen LogP contribution >= 0.6 is 0 Å². The highest BCUT2D eigenvalue weighted by Gasteiger charge is 2.14. The van der Waals surface area contributed by atoms with E-state index in [4.69, 9.17) is 9.26 Å². The first kappa shape index (κ1) is 19.7. The first-order valence-corrected chi connectivity index (χ1v) is 10.2. The molecule has 0 unspecified atom stereocenters. The van der Waals surface area contributed by atoms with Crippen LogP contribution in [0.4, 0.5) is 0 Å². The van der Waals surface area contributed by atoms with Crippen molar-refractivity contribution < 1.29 is 9.26 Å². The first-order chi connectivity index (χ1) is 15.5. The molecule has 5 aromatic rings. The molecule has 0 atom stereocenters. The van der Waals surface area contributed by atoms with Crippen molar-refractivity contribution in [2.24, 2.45) is 0 Å². The molecule has 3 aromatic heterocycles. The SMILES string of the molecule is COc1ccc(-c2nc(Cn3ccn4nc(-c5ccc(C)cc5C)cc4c3=O)no2)cc1. The third kappa shape index (κ3) is 3.56. The van der Waals surface area contributed by atoms with Gasteiger partial charge in [-0.15, -0.1) is 0 Å². The zero-order valence-corrected chi connectivity index (χ0v) is 17.9. The second-order valence-electron chi connectivity index (χ2n) is 7.65. The maximum atomic E-state index is 13.1. The number of methoxy groups -OCH3 is 1. The molecule has 0 bridgehead atoms. The normalized spacial score (nSPS) is 11.2. The molecule has 32 heavy (non-hydrogen) atoms. The standard InChI is InChI=1S/C24H21N5O3/c1-15-4-9-19(16(2)12-15)20-13-21-24(30)28(10-11-29(21)26-20)14-22-25-23(32-27-22)17-5-7-18(31-3)8-6-17/h4-13H,14H2,1-3H3. The molecule has 0 saturated heterocycles. The maximum absolute atomic E-state index is 13.1. The van der Waals surface area contributed by atoms with Crippen molar-refractivity contribution >= 4 is 5.52 Å². The minimum absolute atomic E-state index is 0.174. The number of ether oxygens (including phenoxy) is 1. The van der Waals surface area contributed by atoms with Gasteiger partial charge in [-0.2, -0.15) is 10.1 Å². The van der Waals surface area contributed by atoms with Crippen LogP contribution in [-0.4, -0.2) is 31.4 Å². The summed E-state index contributed by atoms with van der Waals surface area (Å²) in [5.74, 6) is 1.55. The van der Waals surface area contributed by atoms with Crippen LogP contribution in [0.5, 0.6) is 5.75 Å². The van der Waals surface area contributed by atoms with Gasteiger partial charge in [0.25, 0.3) is 11.4 Å². The fraction of sp³-hybridized carbons (Fsp3) is 0.167. The van der Waals surface area contributed by atoms with Crippen LogP contribution in [0, 0.1) is 13.8 Å². The van der Waals surface area contributed by atoms with Gasteiger partial charge in [-0.25, -0.2) is 4.52 Å². The van der Waals surface area contributed by atoms with E-state index in [1.807, 2.05) is 49.4 Å². The molecule has 3 heterocycles. The summed E-state index contributed by atoms with van der Waals surface area (Å²) >= 11 is 0. The van der Waals surface area contributed by atoms with Crippen LogP contribution < -0.4 is 10.3 Å². The van der Waals surface area contributed by atoms with E-state index < -0.39 is 0 Å². The first-order valence-electron chi connectivity index (χ1n) is 10.2. The van der Waals surface area contributed by atoms with Gasteiger partial charge in [0.15, 0.2) is 5.82 Å². The van der Waals surface area contributed by atoms with Gasteiger partial charge in [0, 0.05) is 23.5 Å². The summed E-state index contributed by atoms with van der Waals surface area (Å²) in [4.78, 5) is 17.5. The minimum Gasteiger partial charge on any atom is -0.497 e. The lowest BCUT2D eigenvalue weighted by molar-refractivity contribution is 0.413. The zero-order valence-electron chi connectivity index (χ0n) is 17.9. The number of rotatable bonds is 5. The minimum atomic E-state index is -0.174. The number of nitrogens with zero attached hydrogens (tertiary/aromatic N) is 5. The third-order valence-electron chi connectivity index (χ3n) is 5.38. The van der Waals surface area contributed by atoms with Gasteiger partial charge in [0.2, 0.25) is 0 Å². The molecule has 160 valence electrons. The van der Waals surface area contributed by atoms with E-state index in [9.17, 15) is 4.79 Å². The molecule has 0 fully saturated rings. The summed E-state index contributed by atoms with van der Waals surface area (Å²) in [5.41, 5.74) is 5.17. The van der Waals surface area contributed by atoms with Crippen LogP contribution in [0.25, 0.3) is 28.2 Å². The van der Waals surface area contributed by atoms with Crippen molar-refractivity contribution in [2.45, 2.75) is 20.4 Å². The Balaban J connectivity index is 1.44. The highest BCUT2D eigenvalue weighted by Crippen LogP contribution is 2.24. The quantitative estimate of drug-likeness (QED) is 0.423. The predicted molar refractivity (Wildman–Crippen MR) is 120 cm³/mol. The van der Waals surface area contributed by atoms with Crippen LogP contribution in [0.2, 0.25) is 0 Å². The van der Waals surface area contributed by atoms with Gasteiger partial charge in [-0.05, 0) is 49.7 Å². The highest BCUT2D eigenvalue weighted by molar-refractivity contribution is 5.68. The van der Waals surface area contributed by atoms with E-state index in [0.717, 1.165) is 28.1 Å². The molecule has 0 aliphatic carbocycles. The summed E-state index contributed by atoms with van der Waals surface area (Å²) in [7, 11) is 1.61. The molecule has 0 radical (unpaired) electrons. The Bertz CT molecular complexity index is 1480. The van der Waals surface area contributed by atoms with Gasteiger partial charge in [-0.3, -0.25) is 4.79 Å². The smallest absolute Gasteiger partial charge is 0.277 e. The Morgan fingerprint density at radius 2 is 1.84 bits per heavy atom. The van der Waals surface area contributed by atoms with Crippen molar-refractivity contribution in [3.63, 3.8) is 0 Å². The van der Waals surface area contributed by atoms with Crippen LogP contribution in [-0.2, 0) is 6.54 Å². The summed E-state index contributed by atoms with van der Waals surface area (Å²) in [5, 5.41) is 8.61. The predicted octanol–water partition coefficient (Wildman–Crippen LogP) is 3.89. The third-order valence-corrected chi connectivity index (χ3v) is 5.38. The lowest BCUT2D eigenvalue weighted by Crippen LogP contribution is -2.22. The van der Waals surface area contributed by atoms with Gasteiger partial charge in [-0.1, -0.05) is 28.9 Å². The van der Waals surface area contributed by atoms with E-state index in [2.05, 4.69) is 28.2 Å². The molecule has 2 aromatic carbocycles. The topological polar surface area (TPSA) is 87.5 Å². The Kier molecular flexibility index (Phi) is 4.82. The molecule has 0 aliphatic rings. The largest absolute Gasteiger partial charge is 0.497 e. The average molecular weight is 427 g/mol. The summed E-state index contributed by atoms with van der Waals surface area (Å²) in [6.07, 6.45) is 3.44. The van der Waals surface area contributed by atoms with Crippen molar-refractivity contribution in [3.05, 3.63) is 88.2 Å². The second kappa shape index (κ2) is 7.81. The zero-order chi connectivity index (χ0) is 22.2. The van der Waals surface area contributed by atoms with E-state index in [-0.39, 0.29) is 12.1 Å². The number of hydrogen-bond donors (Lipinski definition) is 0. The maximum Gasteiger partial charge on any atom is 0.277 e. The average Bonchev–Trinajstić information content (AvgIpc) is 3.43. The summed E-state index contributed by atoms with van der Waals surface area (Å²) in [6.45, 7) is 4.29.